The molecule has 0 bridgehead atoms. The van der Waals surface area contributed by atoms with Gasteiger partial charge in [0.15, 0.2) is 5.94 Å². The number of carbonyl (C=O) groups is 1. The summed E-state index contributed by atoms with van der Waals surface area (Å²) in [4.78, 5) is 11.3. The largest absolute Gasteiger partial charge is 0.524 e. The first kappa shape index (κ1) is 16.2. The third kappa shape index (κ3) is 4.65. The first-order chi connectivity index (χ1) is 8.68. The van der Waals surface area contributed by atoms with Crippen molar-refractivity contribution in [3.05, 3.63) is 0 Å². The number of carbonyl (C=O) groups excluding carboxylic acids is 1. The molecule has 0 saturated heterocycles. The molecule has 0 radical (unpaired) electrons. The SMILES string of the molecule is CC(C)C1(C)CCCC(OC(=O)OS(=O)(=O)CO)C1. The lowest BCUT2D eigenvalue weighted by Crippen LogP contribution is -2.36. The molecule has 1 aliphatic rings. The molecule has 2 unspecified atom stereocenters. The summed E-state index contributed by atoms with van der Waals surface area (Å²) < 4.78 is 30.9. The molecule has 6 nitrogen and oxygen atoms in total. The molecule has 1 saturated carbocycles. The monoisotopic (exact) mass is 294 g/mol. The summed E-state index contributed by atoms with van der Waals surface area (Å²) in [6.07, 6.45) is 1.80. The van der Waals surface area contributed by atoms with E-state index in [2.05, 4.69) is 25.0 Å². The van der Waals surface area contributed by atoms with Gasteiger partial charge >= 0.3 is 16.3 Å². The Morgan fingerprint density at radius 3 is 2.63 bits per heavy atom. The van der Waals surface area contributed by atoms with Gasteiger partial charge in [0.25, 0.3) is 0 Å². The fraction of sp³-hybridized carbons (Fsp3) is 0.917. The maximum absolute atomic E-state index is 11.3. The third-order valence-electron chi connectivity index (χ3n) is 3.98. The highest BCUT2D eigenvalue weighted by Gasteiger charge is 2.37. The summed E-state index contributed by atoms with van der Waals surface area (Å²) in [6.45, 7) is 6.39. The van der Waals surface area contributed by atoms with Gasteiger partial charge in [0, 0.05) is 0 Å². The van der Waals surface area contributed by atoms with Crippen LogP contribution < -0.4 is 0 Å². The minimum Gasteiger partial charge on any atom is -0.430 e. The Bertz CT molecular complexity index is 416. The molecule has 7 heteroatoms. The Morgan fingerprint density at radius 2 is 2.11 bits per heavy atom. The van der Waals surface area contributed by atoms with Gasteiger partial charge in [-0.05, 0) is 37.0 Å². The van der Waals surface area contributed by atoms with Crippen LogP contribution in [0.5, 0.6) is 0 Å². The summed E-state index contributed by atoms with van der Waals surface area (Å²) in [6, 6.07) is 0. The molecule has 0 aromatic carbocycles. The molecule has 0 aromatic heterocycles. The molecular weight excluding hydrogens is 272 g/mol. The van der Waals surface area contributed by atoms with Crippen molar-refractivity contribution in [3.63, 3.8) is 0 Å². The lowest BCUT2D eigenvalue weighted by molar-refractivity contribution is -0.00440. The Kier molecular flexibility index (Phi) is 5.20. The van der Waals surface area contributed by atoms with Crippen LogP contribution in [0.1, 0.15) is 46.5 Å². The highest BCUT2D eigenvalue weighted by atomic mass is 32.2. The summed E-state index contributed by atoms with van der Waals surface area (Å²) >= 11 is 0. The number of ether oxygens (including phenoxy) is 1. The molecule has 0 heterocycles. The van der Waals surface area contributed by atoms with Crippen molar-refractivity contribution >= 4 is 16.3 Å². The molecule has 19 heavy (non-hydrogen) atoms. The van der Waals surface area contributed by atoms with Gasteiger partial charge < -0.3 is 14.0 Å². The fourth-order valence-electron chi connectivity index (χ4n) is 2.37. The van der Waals surface area contributed by atoms with Gasteiger partial charge in [-0.2, -0.15) is 8.42 Å². The fourth-order valence-corrected chi connectivity index (χ4v) is 2.67. The van der Waals surface area contributed by atoms with E-state index in [9.17, 15) is 13.2 Å². The zero-order chi connectivity index (χ0) is 14.7. The molecule has 0 aromatic rings. The number of hydrogen-bond acceptors (Lipinski definition) is 6. The van der Waals surface area contributed by atoms with E-state index in [1.165, 1.54) is 0 Å². The first-order valence-corrected chi connectivity index (χ1v) is 8.00. The minimum atomic E-state index is -4.23. The first-order valence-electron chi connectivity index (χ1n) is 6.42. The van der Waals surface area contributed by atoms with Crippen molar-refractivity contribution < 1.29 is 27.2 Å². The second-order valence-corrected chi connectivity index (χ2v) is 7.21. The average molecular weight is 294 g/mol. The highest BCUT2D eigenvalue weighted by molar-refractivity contribution is 7.86. The third-order valence-corrected chi connectivity index (χ3v) is 4.68. The van der Waals surface area contributed by atoms with Crippen molar-refractivity contribution in [2.45, 2.75) is 52.6 Å². The van der Waals surface area contributed by atoms with Crippen LogP contribution >= 0.6 is 0 Å². The van der Waals surface area contributed by atoms with Gasteiger partial charge in [-0.15, -0.1) is 0 Å². The summed E-state index contributed by atoms with van der Waals surface area (Å²) in [5.74, 6) is -0.785. The van der Waals surface area contributed by atoms with E-state index in [4.69, 9.17) is 9.84 Å². The molecule has 2 atom stereocenters. The van der Waals surface area contributed by atoms with Crippen LogP contribution in [0.15, 0.2) is 0 Å². The molecule has 0 spiro atoms. The Labute approximate surface area is 114 Å². The van der Waals surface area contributed by atoms with Crippen molar-refractivity contribution in [1.82, 2.24) is 0 Å². The van der Waals surface area contributed by atoms with Crippen LogP contribution in [0.3, 0.4) is 0 Å². The zero-order valence-electron chi connectivity index (χ0n) is 11.6. The van der Waals surface area contributed by atoms with Gasteiger partial charge in [-0.1, -0.05) is 20.8 Å². The average Bonchev–Trinajstić information content (AvgIpc) is 2.28. The van der Waals surface area contributed by atoms with Crippen molar-refractivity contribution in [2.75, 3.05) is 5.94 Å². The van der Waals surface area contributed by atoms with Crippen molar-refractivity contribution in [2.24, 2.45) is 11.3 Å². The summed E-state index contributed by atoms with van der Waals surface area (Å²) in [7, 11) is -4.23. The lowest BCUT2D eigenvalue weighted by atomic mass is 9.67. The topological polar surface area (TPSA) is 89.9 Å². The minimum absolute atomic E-state index is 0.0824. The molecule has 0 amide bonds. The van der Waals surface area contributed by atoms with Gasteiger partial charge in [0.05, 0.1) is 0 Å². The zero-order valence-corrected chi connectivity index (χ0v) is 12.4. The predicted octanol–water partition coefficient (Wildman–Crippen LogP) is 2.02. The normalized spacial score (nSPS) is 28.2. The maximum Gasteiger partial charge on any atom is 0.524 e. The molecule has 1 N–H and O–H groups in total. The van der Waals surface area contributed by atoms with Crippen LogP contribution in [0.25, 0.3) is 0 Å². The molecule has 1 aliphatic carbocycles. The van der Waals surface area contributed by atoms with Crippen molar-refractivity contribution in [1.29, 1.82) is 0 Å². The second-order valence-electron chi connectivity index (χ2n) is 5.67. The van der Waals surface area contributed by atoms with Crippen LogP contribution in [0.4, 0.5) is 4.79 Å². The van der Waals surface area contributed by atoms with Gasteiger partial charge in [-0.25, -0.2) is 4.79 Å². The van der Waals surface area contributed by atoms with Crippen LogP contribution in [-0.2, 0) is 19.0 Å². The smallest absolute Gasteiger partial charge is 0.430 e. The van der Waals surface area contributed by atoms with Crippen LogP contribution in [0.2, 0.25) is 0 Å². The van der Waals surface area contributed by atoms with Gasteiger partial charge in [-0.3, -0.25) is 0 Å². The van der Waals surface area contributed by atoms with E-state index < -0.39 is 22.2 Å². The van der Waals surface area contributed by atoms with Crippen molar-refractivity contribution in [3.8, 4) is 0 Å². The molecule has 1 fully saturated rings. The Morgan fingerprint density at radius 1 is 1.47 bits per heavy atom. The summed E-state index contributed by atoms with van der Waals surface area (Å²) in [5, 5.41) is 8.48. The molecule has 1 rings (SSSR count). The molecule has 0 aliphatic heterocycles. The number of aliphatic hydroxyl groups is 1. The lowest BCUT2D eigenvalue weighted by Gasteiger charge is -2.40. The van der Waals surface area contributed by atoms with E-state index in [1.54, 1.807) is 0 Å². The van der Waals surface area contributed by atoms with Gasteiger partial charge in [0.1, 0.15) is 6.10 Å². The highest BCUT2D eigenvalue weighted by Crippen LogP contribution is 2.42. The predicted molar refractivity (Wildman–Crippen MR) is 68.8 cm³/mol. The number of aliphatic hydroxyl groups excluding tert-OH is 1. The van der Waals surface area contributed by atoms with Crippen LogP contribution in [-0.4, -0.2) is 31.7 Å². The number of hydrogen-bond donors (Lipinski definition) is 1. The van der Waals surface area contributed by atoms with Gasteiger partial charge in [0.2, 0.25) is 0 Å². The Balaban J connectivity index is 2.56. The summed E-state index contributed by atoms with van der Waals surface area (Å²) in [5.41, 5.74) is 0.0824. The number of rotatable bonds is 4. The molecular formula is C12H22O6S. The standard InChI is InChI=1S/C12H22O6S/c1-9(2)12(3)6-4-5-10(7-12)17-11(14)18-19(15,16)8-13/h9-10,13H,4-8H2,1-3H3. The van der Waals surface area contributed by atoms with Crippen LogP contribution in [0, 0.1) is 11.3 Å². The Hall–Kier alpha value is -0.820. The van der Waals surface area contributed by atoms with E-state index >= 15 is 0 Å². The van der Waals surface area contributed by atoms with E-state index in [0.29, 0.717) is 18.8 Å². The van der Waals surface area contributed by atoms with E-state index in [-0.39, 0.29) is 11.5 Å². The molecule has 112 valence electrons. The van der Waals surface area contributed by atoms with E-state index in [0.717, 1.165) is 12.8 Å². The maximum atomic E-state index is 11.3. The quantitative estimate of drug-likeness (QED) is 0.630. The second kappa shape index (κ2) is 6.09. The van der Waals surface area contributed by atoms with E-state index in [1.807, 2.05) is 0 Å².